The normalized spacial score (nSPS) is 30.2. The van der Waals surface area contributed by atoms with Crippen LogP contribution in [0.25, 0.3) is 0 Å². The van der Waals surface area contributed by atoms with Gasteiger partial charge in [0.05, 0.1) is 0 Å². The third-order valence-corrected chi connectivity index (χ3v) is 2.26. The van der Waals surface area contributed by atoms with Crippen molar-refractivity contribution in [2.45, 2.75) is 26.2 Å². The summed E-state index contributed by atoms with van der Waals surface area (Å²) in [5, 5.41) is 0. The van der Waals surface area contributed by atoms with Crippen molar-refractivity contribution in [3.63, 3.8) is 0 Å². The predicted octanol–water partition coefficient (Wildman–Crippen LogP) is 1.65. The lowest BCUT2D eigenvalue weighted by Crippen LogP contribution is -2.20. The highest BCUT2D eigenvalue weighted by Crippen LogP contribution is 2.29. The van der Waals surface area contributed by atoms with E-state index in [2.05, 4.69) is 4.99 Å². The van der Waals surface area contributed by atoms with E-state index in [1.54, 1.807) is 6.92 Å². The van der Waals surface area contributed by atoms with Crippen LogP contribution in [0.4, 0.5) is 8.78 Å². The molecule has 2 nitrogen and oxygen atoms in total. The standard InChI is InChI=1S/C9H11F2NO/c1-4-6(5(2)12-3)9(13)8(11)7(4)10/h7-8H,1-3H3/t7-,8-/m1/s1. The molecule has 2 atom stereocenters. The highest BCUT2D eigenvalue weighted by Gasteiger charge is 2.41. The van der Waals surface area contributed by atoms with Crippen LogP contribution in [0.15, 0.2) is 16.1 Å². The van der Waals surface area contributed by atoms with Gasteiger partial charge in [0.2, 0.25) is 5.78 Å². The van der Waals surface area contributed by atoms with Crippen LogP contribution < -0.4 is 0 Å². The van der Waals surface area contributed by atoms with Crippen LogP contribution in [0, 0.1) is 0 Å². The van der Waals surface area contributed by atoms with Gasteiger partial charge in [-0.1, -0.05) is 0 Å². The molecule has 0 N–H and O–H groups in total. The number of aliphatic imine (C=N–C) groups is 1. The summed E-state index contributed by atoms with van der Waals surface area (Å²) in [5.74, 6) is -0.784. The molecule has 0 aromatic rings. The van der Waals surface area contributed by atoms with Gasteiger partial charge in [-0.15, -0.1) is 0 Å². The maximum atomic E-state index is 13.0. The monoisotopic (exact) mass is 187 g/mol. The van der Waals surface area contributed by atoms with Gasteiger partial charge in [0.25, 0.3) is 0 Å². The molecule has 0 aromatic heterocycles. The van der Waals surface area contributed by atoms with Crippen LogP contribution in [0.5, 0.6) is 0 Å². The van der Waals surface area contributed by atoms with Crippen LogP contribution >= 0.6 is 0 Å². The molecule has 0 bridgehead atoms. The van der Waals surface area contributed by atoms with Crippen molar-refractivity contribution in [2.75, 3.05) is 7.05 Å². The Kier molecular flexibility index (Phi) is 2.59. The van der Waals surface area contributed by atoms with E-state index in [0.717, 1.165) is 0 Å². The number of Topliss-reactive ketones (excluding diaryl/α,β-unsaturated/α-hetero) is 1. The lowest BCUT2D eigenvalue weighted by atomic mass is 10.1. The van der Waals surface area contributed by atoms with Crippen LogP contribution in [0.2, 0.25) is 0 Å². The molecule has 0 amide bonds. The first kappa shape index (κ1) is 10.0. The summed E-state index contributed by atoms with van der Waals surface area (Å²) < 4.78 is 25.9. The highest BCUT2D eigenvalue weighted by atomic mass is 19.2. The molecular formula is C9H11F2NO. The van der Waals surface area contributed by atoms with Gasteiger partial charge >= 0.3 is 0 Å². The minimum Gasteiger partial charge on any atom is -0.293 e. The van der Waals surface area contributed by atoms with Gasteiger partial charge in [0.15, 0.2) is 12.3 Å². The topological polar surface area (TPSA) is 29.4 Å². The van der Waals surface area contributed by atoms with Gasteiger partial charge in [0, 0.05) is 18.3 Å². The number of carbonyl (C=O) groups excluding carboxylic acids is 1. The van der Waals surface area contributed by atoms with Crippen molar-refractivity contribution >= 4 is 11.5 Å². The number of allylic oxidation sites excluding steroid dienone is 2. The van der Waals surface area contributed by atoms with E-state index >= 15 is 0 Å². The Morgan fingerprint density at radius 1 is 1.38 bits per heavy atom. The minimum absolute atomic E-state index is 0.113. The zero-order valence-corrected chi connectivity index (χ0v) is 7.77. The molecular weight excluding hydrogens is 176 g/mol. The third kappa shape index (κ3) is 1.41. The van der Waals surface area contributed by atoms with Gasteiger partial charge < -0.3 is 0 Å². The molecule has 13 heavy (non-hydrogen) atoms. The molecule has 0 heterocycles. The fraction of sp³-hybridized carbons (Fsp3) is 0.556. The quantitative estimate of drug-likeness (QED) is 0.574. The van der Waals surface area contributed by atoms with E-state index < -0.39 is 18.1 Å². The zero-order valence-electron chi connectivity index (χ0n) is 7.77. The van der Waals surface area contributed by atoms with Crippen molar-refractivity contribution in [3.05, 3.63) is 11.1 Å². The molecule has 0 saturated heterocycles. The molecule has 0 unspecified atom stereocenters. The number of ketones is 1. The third-order valence-electron chi connectivity index (χ3n) is 2.26. The van der Waals surface area contributed by atoms with Crippen LogP contribution in [0.1, 0.15) is 13.8 Å². The van der Waals surface area contributed by atoms with E-state index in [0.29, 0.717) is 5.71 Å². The largest absolute Gasteiger partial charge is 0.293 e. The van der Waals surface area contributed by atoms with Gasteiger partial charge in [-0.3, -0.25) is 9.79 Å². The lowest BCUT2D eigenvalue weighted by molar-refractivity contribution is -0.119. The number of alkyl halides is 2. The summed E-state index contributed by atoms with van der Waals surface area (Å²) in [6.45, 7) is 2.99. The van der Waals surface area contributed by atoms with Crippen LogP contribution in [-0.2, 0) is 4.79 Å². The van der Waals surface area contributed by atoms with E-state index in [1.165, 1.54) is 14.0 Å². The first-order chi connectivity index (χ1) is 6.00. The first-order valence-corrected chi connectivity index (χ1v) is 3.97. The van der Waals surface area contributed by atoms with Gasteiger partial charge in [-0.2, -0.15) is 0 Å². The van der Waals surface area contributed by atoms with E-state index in [1.807, 2.05) is 0 Å². The van der Waals surface area contributed by atoms with Crippen molar-refractivity contribution in [1.82, 2.24) is 0 Å². The Morgan fingerprint density at radius 2 is 1.92 bits per heavy atom. The number of hydrogen-bond acceptors (Lipinski definition) is 2. The second-order valence-corrected chi connectivity index (χ2v) is 3.03. The van der Waals surface area contributed by atoms with Crippen molar-refractivity contribution in [1.29, 1.82) is 0 Å². The van der Waals surface area contributed by atoms with Gasteiger partial charge in [-0.25, -0.2) is 8.78 Å². The molecule has 4 heteroatoms. The molecule has 0 spiro atoms. The number of carbonyl (C=O) groups is 1. The summed E-state index contributed by atoms with van der Waals surface area (Å²) >= 11 is 0. The zero-order chi connectivity index (χ0) is 10.2. The summed E-state index contributed by atoms with van der Waals surface area (Å²) in [6, 6.07) is 0. The summed E-state index contributed by atoms with van der Waals surface area (Å²) in [6.07, 6.45) is -3.83. The molecule has 1 aliphatic carbocycles. The maximum Gasteiger partial charge on any atom is 0.202 e. The fourth-order valence-electron chi connectivity index (χ4n) is 1.40. The second kappa shape index (κ2) is 3.36. The average Bonchev–Trinajstić information content (AvgIpc) is 2.30. The fourth-order valence-corrected chi connectivity index (χ4v) is 1.40. The lowest BCUT2D eigenvalue weighted by Gasteiger charge is -2.00. The summed E-state index contributed by atoms with van der Waals surface area (Å²) in [7, 11) is 1.49. The number of rotatable bonds is 1. The molecule has 0 saturated carbocycles. The minimum atomic E-state index is -2.04. The van der Waals surface area contributed by atoms with Gasteiger partial charge in [-0.05, 0) is 19.4 Å². The van der Waals surface area contributed by atoms with Crippen molar-refractivity contribution in [3.8, 4) is 0 Å². The molecule has 0 aliphatic heterocycles. The average molecular weight is 187 g/mol. The maximum absolute atomic E-state index is 13.0. The Labute approximate surface area is 75.4 Å². The molecule has 0 radical (unpaired) electrons. The second-order valence-electron chi connectivity index (χ2n) is 3.03. The van der Waals surface area contributed by atoms with Gasteiger partial charge in [0.1, 0.15) is 0 Å². The predicted molar refractivity (Wildman–Crippen MR) is 46.5 cm³/mol. The molecule has 1 aliphatic rings. The molecule has 1 rings (SSSR count). The summed E-state index contributed by atoms with van der Waals surface area (Å²) in [4.78, 5) is 14.9. The first-order valence-electron chi connectivity index (χ1n) is 3.97. The smallest absolute Gasteiger partial charge is 0.202 e. The van der Waals surface area contributed by atoms with Crippen molar-refractivity contribution in [2.24, 2.45) is 4.99 Å². The summed E-state index contributed by atoms with van der Waals surface area (Å²) in [5.41, 5.74) is 0.661. The Bertz CT molecular complexity index is 307. The SMILES string of the molecule is CN=C(C)C1=C(C)[C@@H](F)[C@@H](F)C1=O. The number of halogens is 2. The van der Waals surface area contributed by atoms with E-state index in [4.69, 9.17) is 0 Å². The number of hydrogen-bond donors (Lipinski definition) is 0. The molecule has 72 valence electrons. The highest BCUT2D eigenvalue weighted by molar-refractivity contribution is 6.25. The van der Waals surface area contributed by atoms with E-state index in [9.17, 15) is 13.6 Å². The Balaban J connectivity index is 3.15. The van der Waals surface area contributed by atoms with Crippen LogP contribution in [0.3, 0.4) is 0 Å². The Morgan fingerprint density at radius 3 is 2.23 bits per heavy atom. The van der Waals surface area contributed by atoms with Crippen molar-refractivity contribution < 1.29 is 13.6 Å². The van der Waals surface area contributed by atoms with E-state index in [-0.39, 0.29) is 11.1 Å². The molecule has 0 fully saturated rings. The Hall–Kier alpha value is -1.06. The molecule has 0 aromatic carbocycles. The number of nitrogens with zero attached hydrogens (tertiary/aromatic N) is 1. The van der Waals surface area contributed by atoms with Crippen LogP contribution in [-0.4, -0.2) is 30.9 Å².